The number of nitrogens with zero attached hydrogens (tertiary/aromatic N) is 1. The van der Waals surface area contributed by atoms with E-state index >= 15 is 0 Å². The topological polar surface area (TPSA) is 95.9 Å². The van der Waals surface area contributed by atoms with E-state index in [1.807, 2.05) is 0 Å². The number of hydrogen-bond donors (Lipinski definition) is 2. The van der Waals surface area contributed by atoms with Crippen LogP contribution in [-0.4, -0.2) is 54.2 Å². The molecule has 0 aromatic carbocycles. The molecule has 0 atom stereocenters. The van der Waals surface area contributed by atoms with E-state index in [0.717, 1.165) is 0 Å². The van der Waals surface area contributed by atoms with Gasteiger partial charge in [-0.05, 0) is 0 Å². The Morgan fingerprint density at radius 2 is 1.81 bits per heavy atom. The van der Waals surface area contributed by atoms with Crippen molar-refractivity contribution in [2.24, 2.45) is 0 Å². The fraction of sp³-hybridized carbons (Fsp3) is 0.667. The summed E-state index contributed by atoms with van der Waals surface area (Å²) >= 11 is 0. The first-order valence-electron chi connectivity index (χ1n) is 4.98. The highest BCUT2D eigenvalue weighted by Gasteiger charge is 2.18. The molecule has 2 N–H and O–H groups in total. The highest BCUT2D eigenvalue weighted by molar-refractivity contribution is 5.95. The van der Waals surface area contributed by atoms with E-state index in [2.05, 4.69) is 5.32 Å². The number of carboxylic acids is 1. The highest BCUT2D eigenvalue weighted by atomic mass is 16.5. The van der Waals surface area contributed by atoms with Crippen LogP contribution < -0.4 is 5.32 Å². The first-order chi connectivity index (χ1) is 7.59. The van der Waals surface area contributed by atoms with Crippen LogP contribution in [0.1, 0.15) is 12.8 Å². The Morgan fingerprint density at radius 3 is 2.38 bits per heavy atom. The lowest BCUT2D eigenvalue weighted by Crippen LogP contribution is -2.47. The predicted octanol–water partition coefficient (Wildman–Crippen LogP) is -0.580. The summed E-state index contributed by atoms with van der Waals surface area (Å²) in [7, 11) is 0. The number of carboxylic acid groups (broad SMARTS) is 1. The molecular formula is C9H14N2O5. The molecule has 0 aliphatic carbocycles. The molecule has 1 aliphatic rings. The molecule has 0 aromatic rings. The largest absolute Gasteiger partial charge is 0.481 e. The van der Waals surface area contributed by atoms with Crippen molar-refractivity contribution in [3.8, 4) is 0 Å². The Balaban J connectivity index is 2.26. The number of imide groups is 1. The molecule has 3 amide bonds. The van der Waals surface area contributed by atoms with Crippen LogP contribution in [0.2, 0.25) is 0 Å². The van der Waals surface area contributed by atoms with E-state index in [4.69, 9.17) is 9.84 Å². The van der Waals surface area contributed by atoms with Crippen molar-refractivity contribution in [1.82, 2.24) is 10.2 Å². The average Bonchev–Trinajstić information content (AvgIpc) is 2.27. The van der Waals surface area contributed by atoms with Crippen molar-refractivity contribution < 1.29 is 24.2 Å². The normalized spacial score (nSPS) is 15.6. The number of hydrogen-bond acceptors (Lipinski definition) is 4. The summed E-state index contributed by atoms with van der Waals surface area (Å²) in [6.45, 7) is 1.80. The monoisotopic (exact) mass is 230 g/mol. The van der Waals surface area contributed by atoms with Crippen LogP contribution >= 0.6 is 0 Å². The summed E-state index contributed by atoms with van der Waals surface area (Å²) in [5, 5.41) is 10.5. The molecule has 7 heteroatoms. The zero-order valence-electron chi connectivity index (χ0n) is 8.77. The Morgan fingerprint density at radius 1 is 1.19 bits per heavy atom. The van der Waals surface area contributed by atoms with Crippen LogP contribution in [0.15, 0.2) is 0 Å². The smallest absolute Gasteiger partial charge is 0.324 e. The van der Waals surface area contributed by atoms with E-state index in [0.29, 0.717) is 26.3 Å². The van der Waals surface area contributed by atoms with Gasteiger partial charge in [0.1, 0.15) is 0 Å². The van der Waals surface area contributed by atoms with Crippen LogP contribution in [-0.2, 0) is 14.3 Å². The fourth-order valence-electron chi connectivity index (χ4n) is 1.25. The Kier molecular flexibility index (Phi) is 4.71. The fourth-order valence-corrected chi connectivity index (χ4v) is 1.25. The Bertz CT molecular complexity index is 286. The molecule has 0 aromatic heterocycles. The van der Waals surface area contributed by atoms with Crippen molar-refractivity contribution in [3.63, 3.8) is 0 Å². The number of urea groups is 1. The van der Waals surface area contributed by atoms with E-state index in [1.54, 1.807) is 0 Å². The van der Waals surface area contributed by atoms with Gasteiger partial charge in [0.15, 0.2) is 0 Å². The van der Waals surface area contributed by atoms with Gasteiger partial charge in [-0.1, -0.05) is 0 Å². The van der Waals surface area contributed by atoms with Crippen LogP contribution in [0.25, 0.3) is 0 Å². The molecule has 1 heterocycles. The van der Waals surface area contributed by atoms with Crippen molar-refractivity contribution in [2.75, 3.05) is 26.3 Å². The van der Waals surface area contributed by atoms with Crippen molar-refractivity contribution in [3.05, 3.63) is 0 Å². The van der Waals surface area contributed by atoms with Gasteiger partial charge in [-0.15, -0.1) is 0 Å². The third-order valence-electron chi connectivity index (χ3n) is 2.11. The number of rotatable bonds is 3. The Hall–Kier alpha value is -1.63. The number of carbonyl (C=O) groups excluding carboxylic acids is 2. The van der Waals surface area contributed by atoms with Crippen molar-refractivity contribution >= 4 is 17.9 Å². The number of nitrogens with one attached hydrogen (secondary N) is 1. The number of aliphatic carboxylic acids is 1. The zero-order valence-corrected chi connectivity index (χ0v) is 8.77. The second-order valence-corrected chi connectivity index (χ2v) is 3.35. The molecule has 0 saturated carbocycles. The summed E-state index contributed by atoms with van der Waals surface area (Å²) < 4.78 is 5.05. The van der Waals surface area contributed by atoms with Crippen LogP contribution in [0, 0.1) is 0 Å². The maximum atomic E-state index is 11.4. The minimum absolute atomic E-state index is 0.189. The molecule has 1 aliphatic heterocycles. The van der Waals surface area contributed by atoms with Crippen molar-refractivity contribution in [2.45, 2.75) is 12.8 Å². The minimum Gasteiger partial charge on any atom is -0.481 e. The third-order valence-corrected chi connectivity index (χ3v) is 2.11. The molecule has 0 spiro atoms. The van der Waals surface area contributed by atoms with Gasteiger partial charge in [0.25, 0.3) is 0 Å². The van der Waals surface area contributed by atoms with Crippen molar-refractivity contribution in [1.29, 1.82) is 0 Å². The van der Waals surface area contributed by atoms with Gasteiger partial charge in [0, 0.05) is 19.5 Å². The molecule has 16 heavy (non-hydrogen) atoms. The van der Waals surface area contributed by atoms with E-state index < -0.39 is 17.9 Å². The molecule has 1 saturated heterocycles. The summed E-state index contributed by atoms with van der Waals surface area (Å²) in [5.41, 5.74) is 0. The molecule has 0 radical (unpaired) electrons. The standard InChI is InChI=1S/C9H14N2O5/c12-7(1-2-8(13)14)10-9(15)11-3-5-16-6-4-11/h1-6H2,(H,13,14)(H,10,12,15). The number of carbonyl (C=O) groups is 3. The first-order valence-corrected chi connectivity index (χ1v) is 4.98. The summed E-state index contributed by atoms with van der Waals surface area (Å²) in [4.78, 5) is 34.3. The maximum Gasteiger partial charge on any atom is 0.324 e. The van der Waals surface area contributed by atoms with Gasteiger partial charge in [0.2, 0.25) is 5.91 Å². The van der Waals surface area contributed by atoms with Crippen LogP contribution in [0.3, 0.4) is 0 Å². The van der Waals surface area contributed by atoms with Gasteiger partial charge in [-0.2, -0.15) is 0 Å². The van der Waals surface area contributed by atoms with E-state index in [1.165, 1.54) is 4.90 Å². The molecule has 1 rings (SSSR count). The first kappa shape index (κ1) is 12.4. The predicted molar refractivity (Wildman–Crippen MR) is 52.8 cm³/mol. The van der Waals surface area contributed by atoms with Gasteiger partial charge < -0.3 is 14.7 Å². The lowest BCUT2D eigenvalue weighted by atomic mass is 10.3. The quantitative estimate of drug-likeness (QED) is 0.676. The number of amides is 3. The van der Waals surface area contributed by atoms with Gasteiger partial charge in [0.05, 0.1) is 19.6 Å². The van der Waals surface area contributed by atoms with Gasteiger partial charge in [-0.25, -0.2) is 4.79 Å². The third kappa shape index (κ3) is 4.26. The van der Waals surface area contributed by atoms with Crippen LogP contribution in [0.4, 0.5) is 4.79 Å². The van der Waals surface area contributed by atoms with Gasteiger partial charge in [-0.3, -0.25) is 14.9 Å². The molecule has 0 bridgehead atoms. The summed E-state index contributed by atoms with van der Waals surface area (Å²) in [5.74, 6) is -1.63. The molecule has 0 unspecified atom stereocenters. The summed E-state index contributed by atoms with van der Waals surface area (Å²) in [6, 6.07) is -0.487. The lowest BCUT2D eigenvalue weighted by Gasteiger charge is -2.26. The second-order valence-electron chi connectivity index (χ2n) is 3.35. The molecule has 7 nitrogen and oxygen atoms in total. The van der Waals surface area contributed by atoms with E-state index in [-0.39, 0.29) is 12.8 Å². The number of morpholine rings is 1. The SMILES string of the molecule is O=C(O)CCC(=O)NC(=O)N1CCOCC1. The minimum atomic E-state index is -1.06. The second kappa shape index (κ2) is 6.06. The Labute approximate surface area is 92.4 Å². The zero-order chi connectivity index (χ0) is 12.0. The highest BCUT2D eigenvalue weighted by Crippen LogP contribution is 1.97. The average molecular weight is 230 g/mol. The van der Waals surface area contributed by atoms with Crippen LogP contribution in [0.5, 0.6) is 0 Å². The number of ether oxygens (including phenoxy) is 1. The lowest BCUT2D eigenvalue weighted by molar-refractivity contribution is -0.138. The molecular weight excluding hydrogens is 216 g/mol. The molecule has 90 valence electrons. The van der Waals surface area contributed by atoms with E-state index in [9.17, 15) is 14.4 Å². The molecule has 1 fully saturated rings. The van der Waals surface area contributed by atoms with Gasteiger partial charge >= 0.3 is 12.0 Å². The maximum absolute atomic E-state index is 11.4. The summed E-state index contributed by atoms with van der Waals surface area (Å²) in [6.07, 6.45) is -0.465.